The molecule has 7 heteroatoms. The molecule has 2 aromatic carbocycles. The fourth-order valence-corrected chi connectivity index (χ4v) is 4.29. The molecule has 3 aromatic rings. The van der Waals surface area contributed by atoms with E-state index in [-0.39, 0.29) is 29.0 Å². The van der Waals surface area contributed by atoms with Crippen molar-refractivity contribution in [1.29, 1.82) is 0 Å². The number of rotatable bonds is 6. The summed E-state index contributed by atoms with van der Waals surface area (Å²) in [6, 6.07) is 21.1. The topological polar surface area (TPSA) is 86.4 Å². The third kappa shape index (κ3) is 5.37. The first-order chi connectivity index (χ1) is 16.0. The fourth-order valence-electron chi connectivity index (χ4n) is 4.29. The first kappa shape index (κ1) is 22.5. The quantitative estimate of drug-likeness (QED) is 0.633. The number of amides is 2. The summed E-state index contributed by atoms with van der Waals surface area (Å²) in [7, 11) is 0. The predicted molar refractivity (Wildman–Crippen MR) is 127 cm³/mol. The zero-order valence-electron chi connectivity index (χ0n) is 18.7. The molecule has 1 atom stereocenters. The lowest BCUT2D eigenvalue weighted by Gasteiger charge is -2.24. The summed E-state index contributed by atoms with van der Waals surface area (Å²) < 4.78 is 0. The minimum atomic E-state index is -0.358. The van der Waals surface area contributed by atoms with Crippen LogP contribution in [0.15, 0.2) is 71.5 Å². The van der Waals surface area contributed by atoms with Gasteiger partial charge in [0.05, 0.1) is 5.92 Å². The van der Waals surface area contributed by atoms with E-state index in [1.54, 1.807) is 4.90 Å². The number of H-pyrrole nitrogens is 1. The zero-order valence-corrected chi connectivity index (χ0v) is 18.7. The molecule has 1 N–H and O–H groups in total. The van der Waals surface area contributed by atoms with Gasteiger partial charge in [-0.1, -0.05) is 61.5 Å². The van der Waals surface area contributed by atoms with E-state index in [0.717, 1.165) is 23.1 Å². The van der Waals surface area contributed by atoms with E-state index >= 15 is 0 Å². The van der Waals surface area contributed by atoms with Crippen molar-refractivity contribution in [2.45, 2.75) is 19.8 Å². The maximum Gasteiger partial charge on any atom is 0.274 e. The van der Waals surface area contributed by atoms with E-state index < -0.39 is 0 Å². The Bertz CT molecular complexity index is 1150. The van der Waals surface area contributed by atoms with Crippen LogP contribution in [0.1, 0.15) is 29.4 Å². The van der Waals surface area contributed by atoms with Crippen molar-refractivity contribution in [1.82, 2.24) is 20.0 Å². The van der Waals surface area contributed by atoms with Crippen molar-refractivity contribution in [2.75, 3.05) is 26.2 Å². The maximum atomic E-state index is 13.4. The normalized spacial score (nSPS) is 16.5. The number of nitrogens with one attached hydrogen (secondary N) is 1. The summed E-state index contributed by atoms with van der Waals surface area (Å²) in [4.78, 5) is 41.3. The van der Waals surface area contributed by atoms with Gasteiger partial charge in [-0.2, -0.15) is 5.10 Å². The molecular formula is C26H28N4O3. The smallest absolute Gasteiger partial charge is 0.274 e. The average molecular weight is 445 g/mol. The van der Waals surface area contributed by atoms with E-state index in [1.165, 1.54) is 12.1 Å². The third-order valence-corrected chi connectivity index (χ3v) is 5.94. The van der Waals surface area contributed by atoms with Crippen LogP contribution in [-0.4, -0.2) is 58.0 Å². The number of aromatic nitrogens is 2. The SMILES string of the molecule is CCCN1CCN(C(=O)c2ccc(=O)[nH]n2)CC(Cc2cccc(-c3ccccc3)c2)C1=O. The van der Waals surface area contributed by atoms with Gasteiger partial charge in [0.25, 0.3) is 11.5 Å². The van der Waals surface area contributed by atoms with Crippen molar-refractivity contribution in [3.8, 4) is 11.1 Å². The Morgan fingerprint density at radius 3 is 2.52 bits per heavy atom. The highest BCUT2D eigenvalue weighted by molar-refractivity contribution is 5.93. The highest BCUT2D eigenvalue weighted by Crippen LogP contribution is 2.23. The van der Waals surface area contributed by atoms with Crippen LogP contribution < -0.4 is 5.56 Å². The Balaban J connectivity index is 1.58. The Labute approximate surface area is 193 Å². The molecule has 0 spiro atoms. The summed E-state index contributed by atoms with van der Waals surface area (Å²) in [6.07, 6.45) is 1.40. The molecule has 2 amide bonds. The van der Waals surface area contributed by atoms with Gasteiger partial charge in [-0.15, -0.1) is 0 Å². The first-order valence-corrected chi connectivity index (χ1v) is 11.3. The van der Waals surface area contributed by atoms with Gasteiger partial charge in [-0.25, -0.2) is 5.10 Å². The minimum Gasteiger partial charge on any atom is -0.341 e. The molecule has 170 valence electrons. The monoisotopic (exact) mass is 444 g/mol. The van der Waals surface area contributed by atoms with Crippen LogP contribution in [0.3, 0.4) is 0 Å². The molecule has 1 fully saturated rings. The molecule has 1 aromatic heterocycles. The molecule has 0 radical (unpaired) electrons. The molecule has 1 aliphatic heterocycles. The number of hydrogen-bond donors (Lipinski definition) is 1. The minimum absolute atomic E-state index is 0.0756. The second-order valence-corrected chi connectivity index (χ2v) is 8.35. The standard InChI is InChI=1S/C26H28N4O3/c1-2-13-29-14-15-30(26(33)23-11-12-24(31)28-27-23)18-22(25(29)32)17-19-7-6-10-21(16-19)20-8-4-3-5-9-20/h3-12,16,22H,2,13-15,17-18H2,1H3,(H,28,31). The second kappa shape index (κ2) is 10.3. The van der Waals surface area contributed by atoms with Crippen LogP contribution >= 0.6 is 0 Å². The van der Waals surface area contributed by atoms with E-state index in [0.29, 0.717) is 32.6 Å². The molecule has 33 heavy (non-hydrogen) atoms. The second-order valence-electron chi connectivity index (χ2n) is 8.35. The van der Waals surface area contributed by atoms with E-state index in [4.69, 9.17) is 0 Å². The predicted octanol–water partition coefficient (Wildman–Crippen LogP) is 2.99. The van der Waals surface area contributed by atoms with Crippen LogP contribution in [0.25, 0.3) is 11.1 Å². The average Bonchev–Trinajstić information content (AvgIpc) is 2.99. The largest absolute Gasteiger partial charge is 0.341 e. The number of benzene rings is 2. The third-order valence-electron chi connectivity index (χ3n) is 5.94. The van der Waals surface area contributed by atoms with Gasteiger partial charge in [-0.3, -0.25) is 14.4 Å². The van der Waals surface area contributed by atoms with Gasteiger partial charge in [0.15, 0.2) is 0 Å². The number of aromatic amines is 1. The molecular weight excluding hydrogens is 416 g/mol. The highest BCUT2D eigenvalue weighted by atomic mass is 16.2. The lowest BCUT2D eigenvalue weighted by molar-refractivity contribution is -0.134. The number of carbonyl (C=O) groups is 2. The number of hydrogen-bond acceptors (Lipinski definition) is 4. The van der Waals surface area contributed by atoms with Gasteiger partial charge >= 0.3 is 0 Å². The lowest BCUT2D eigenvalue weighted by Crippen LogP contribution is -2.38. The Morgan fingerprint density at radius 2 is 1.79 bits per heavy atom. The van der Waals surface area contributed by atoms with Crippen molar-refractivity contribution in [3.63, 3.8) is 0 Å². The van der Waals surface area contributed by atoms with Gasteiger partial charge in [0.1, 0.15) is 5.69 Å². The summed E-state index contributed by atoms with van der Waals surface area (Å²) in [5.74, 6) is -0.552. The number of nitrogens with zero attached hydrogens (tertiary/aromatic N) is 3. The summed E-state index contributed by atoms with van der Waals surface area (Å²) in [5.41, 5.74) is 3.10. The van der Waals surface area contributed by atoms with Gasteiger partial charge in [0.2, 0.25) is 5.91 Å². The van der Waals surface area contributed by atoms with Crippen LogP contribution in [0.5, 0.6) is 0 Å². The molecule has 7 nitrogen and oxygen atoms in total. The molecule has 1 saturated heterocycles. The van der Waals surface area contributed by atoms with Crippen molar-refractivity contribution in [3.05, 3.63) is 88.3 Å². The fraction of sp³-hybridized carbons (Fsp3) is 0.308. The summed E-state index contributed by atoms with van der Waals surface area (Å²) in [6.45, 7) is 3.95. The Morgan fingerprint density at radius 1 is 1.00 bits per heavy atom. The van der Waals surface area contributed by atoms with Crippen LogP contribution in [-0.2, 0) is 11.2 Å². The van der Waals surface area contributed by atoms with Crippen LogP contribution in [0, 0.1) is 5.92 Å². The zero-order chi connectivity index (χ0) is 23.2. The maximum absolute atomic E-state index is 13.4. The van der Waals surface area contributed by atoms with Crippen LogP contribution in [0.4, 0.5) is 0 Å². The lowest BCUT2D eigenvalue weighted by atomic mass is 9.94. The Kier molecular flexibility index (Phi) is 6.98. The van der Waals surface area contributed by atoms with Gasteiger partial charge in [-0.05, 0) is 35.6 Å². The van der Waals surface area contributed by atoms with Crippen molar-refractivity contribution >= 4 is 11.8 Å². The van der Waals surface area contributed by atoms with Gasteiger partial charge in [0, 0.05) is 32.2 Å². The molecule has 0 aliphatic carbocycles. The Hall–Kier alpha value is -3.74. The van der Waals surface area contributed by atoms with Gasteiger partial charge < -0.3 is 9.80 Å². The summed E-state index contributed by atoms with van der Waals surface area (Å²) >= 11 is 0. The van der Waals surface area contributed by atoms with Crippen molar-refractivity contribution in [2.24, 2.45) is 5.92 Å². The highest BCUT2D eigenvalue weighted by Gasteiger charge is 2.32. The van der Waals surface area contributed by atoms with Crippen LogP contribution in [0.2, 0.25) is 0 Å². The first-order valence-electron chi connectivity index (χ1n) is 11.3. The summed E-state index contributed by atoms with van der Waals surface area (Å²) in [5, 5.41) is 6.20. The molecule has 4 rings (SSSR count). The molecule has 1 aliphatic rings. The number of carbonyl (C=O) groups excluding carboxylic acids is 2. The van der Waals surface area contributed by atoms with E-state index in [2.05, 4.69) is 34.5 Å². The van der Waals surface area contributed by atoms with E-state index in [1.807, 2.05) is 42.2 Å². The molecule has 0 saturated carbocycles. The molecule has 0 bridgehead atoms. The molecule has 2 heterocycles. The van der Waals surface area contributed by atoms with Crippen molar-refractivity contribution < 1.29 is 9.59 Å². The molecule has 1 unspecified atom stereocenters. The van der Waals surface area contributed by atoms with E-state index in [9.17, 15) is 14.4 Å².